The SMILES string of the molecule is CC1Cc2c(c(C3CC3)nn2C)C1CN. The van der Waals surface area contributed by atoms with Crippen LogP contribution < -0.4 is 5.73 Å². The van der Waals surface area contributed by atoms with Gasteiger partial charge in [0.05, 0.1) is 5.69 Å². The number of rotatable bonds is 2. The van der Waals surface area contributed by atoms with Crippen LogP contribution in [0.5, 0.6) is 0 Å². The number of nitrogens with two attached hydrogens (primary N) is 1. The lowest BCUT2D eigenvalue weighted by Gasteiger charge is -2.14. The van der Waals surface area contributed by atoms with Crippen molar-refractivity contribution < 1.29 is 0 Å². The van der Waals surface area contributed by atoms with E-state index in [2.05, 4.69) is 23.8 Å². The van der Waals surface area contributed by atoms with Crippen LogP contribution in [-0.4, -0.2) is 16.3 Å². The quantitative estimate of drug-likeness (QED) is 0.795. The lowest BCUT2D eigenvalue weighted by atomic mass is 9.93. The second-order valence-corrected chi connectivity index (χ2v) is 5.17. The summed E-state index contributed by atoms with van der Waals surface area (Å²) in [5.41, 5.74) is 10.2. The molecule has 0 radical (unpaired) electrons. The summed E-state index contributed by atoms with van der Waals surface area (Å²) in [6, 6.07) is 0. The molecule has 0 aliphatic heterocycles. The second kappa shape index (κ2) is 3.08. The molecule has 2 atom stereocenters. The van der Waals surface area contributed by atoms with Crippen molar-refractivity contribution in [2.45, 2.75) is 38.0 Å². The fourth-order valence-corrected chi connectivity index (χ4v) is 2.98. The van der Waals surface area contributed by atoms with Gasteiger partial charge < -0.3 is 5.73 Å². The summed E-state index contributed by atoms with van der Waals surface area (Å²) < 4.78 is 2.09. The van der Waals surface area contributed by atoms with Gasteiger partial charge in [0.15, 0.2) is 0 Å². The van der Waals surface area contributed by atoms with Crippen molar-refractivity contribution in [2.24, 2.45) is 18.7 Å². The molecule has 82 valence electrons. The number of aromatic nitrogens is 2. The Morgan fingerprint density at radius 3 is 2.80 bits per heavy atom. The number of hydrogen-bond donors (Lipinski definition) is 1. The Labute approximate surface area is 90.7 Å². The average Bonchev–Trinajstić information content (AvgIpc) is 2.92. The Balaban J connectivity index is 2.09. The number of fused-ring (bicyclic) bond motifs is 1. The second-order valence-electron chi connectivity index (χ2n) is 5.17. The number of hydrogen-bond acceptors (Lipinski definition) is 2. The summed E-state index contributed by atoms with van der Waals surface area (Å²) in [7, 11) is 2.08. The van der Waals surface area contributed by atoms with Gasteiger partial charge in [0.2, 0.25) is 0 Å². The van der Waals surface area contributed by atoms with E-state index in [1.165, 1.54) is 29.8 Å². The van der Waals surface area contributed by atoms with Crippen LogP contribution in [-0.2, 0) is 13.5 Å². The van der Waals surface area contributed by atoms with Crippen molar-refractivity contribution in [1.29, 1.82) is 0 Å². The molecule has 2 aliphatic carbocycles. The van der Waals surface area contributed by atoms with E-state index in [1.807, 2.05) is 0 Å². The van der Waals surface area contributed by atoms with Crippen molar-refractivity contribution in [2.75, 3.05) is 6.54 Å². The average molecular weight is 205 g/mol. The summed E-state index contributed by atoms with van der Waals surface area (Å²) in [6.45, 7) is 3.09. The Morgan fingerprint density at radius 2 is 2.20 bits per heavy atom. The molecular weight excluding hydrogens is 186 g/mol. The summed E-state index contributed by atoms with van der Waals surface area (Å²) >= 11 is 0. The van der Waals surface area contributed by atoms with E-state index in [0.29, 0.717) is 11.8 Å². The van der Waals surface area contributed by atoms with Gasteiger partial charge in [-0.15, -0.1) is 0 Å². The van der Waals surface area contributed by atoms with Gasteiger partial charge in [-0.25, -0.2) is 0 Å². The minimum Gasteiger partial charge on any atom is -0.330 e. The summed E-state index contributed by atoms with van der Waals surface area (Å²) in [6.07, 6.45) is 3.82. The molecule has 0 amide bonds. The van der Waals surface area contributed by atoms with E-state index in [9.17, 15) is 0 Å². The molecule has 1 aromatic rings. The number of aryl methyl sites for hydroxylation is 1. The van der Waals surface area contributed by atoms with Gasteiger partial charge in [-0.1, -0.05) is 6.92 Å². The molecule has 0 bridgehead atoms. The summed E-state index contributed by atoms with van der Waals surface area (Å²) in [5, 5.41) is 4.69. The minimum atomic E-state index is 0.560. The third kappa shape index (κ3) is 1.26. The molecule has 1 fully saturated rings. The molecule has 1 aromatic heterocycles. The Bertz CT molecular complexity index is 390. The zero-order chi connectivity index (χ0) is 10.6. The van der Waals surface area contributed by atoms with E-state index in [1.54, 1.807) is 0 Å². The molecule has 3 rings (SSSR count). The Kier molecular flexibility index (Phi) is 1.93. The van der Waals surface area contributed by atoms with Crippen LogP contribution in [0.2, 0.25) is 0 Å². The van der Waals surface area contributed by atoms with E-state index < -0.39 is 0 Å². The van der Waals surface area contributed by atoms with Crippen LogP contribution in [0, 0.1) is 5.92 Å². The maximum atomic E-state index is 5.90. The molecule has 2 unspecified atom stereocenters. The first-order valence-corrected chi connectivity index (χ1v) is 5.98. The maximum absolute atomic E-state index is 5.90. The smallest absolute Gasteiger partial charge is 0.0693 e. The molecule has 15 heavy (non-hydrogen) atoms. The van der Waals surface area contributed by atoms with Crippen molar-refractivity contribution in [3.8, 4) is 0 Å². The van der Waals surface area contributed by atoms with Gasteiger partial charge in [-0.3, -0.25) is 4.68 Å². The molecular formula is C12H19N3. The first-order valence-electron chi connectivity index (χ1n) is 5.98. The molecule has 1 heterocycles. The molecule has 2 N–H and O–H groups in total. The monoisotopic (exact) mass is 205 g/mol. The van der Waals surface area contributed by atoms with Crippen molar-refractivity contribution in [3.63, 3.8) is 0 Å². The highest BCUT2D eigenvalue weighted by Gasteiger charge is 2.39. The predicted molar refractivity (Wildman–Crippen MR) is 59.8 cm³/mol. The fourth-order valence-electron chi connectivity index (χ4n) is 2.98. The van der Waals surface area contributed by atoms with Gasteiger partial charge in [-0.05, 0) is 31.7 Å². The summed E-state index contributed by atoms with van der Waals surface area (Å²) in [5.74, 6) is 2.01. The van der Waals surface area contributed by atoms with E-state index in [0.717, 1.165) is 18.9 Å². The largest absolute Gasteiger partial charge is 0.330 e. The third-order valence-corrected chi connectivity index (χ3v) is 4.03. The van der Waals surface area contributed by atoms with E-state index in [4.69, 9.17) is 5.73 Å². The minimum absolute atomic E-state index is 0.560. The summed E-state index contributed by atoms with van der Waals surface area (Å²) in [4.78, 5) is 0. The van der Waals surface area contributed by atoms with E-state index in [-0.39, 0.29) is 0 Å². The van der Waals surface area contributed by atoms with Crippen molar-refractivity contribution >= 4 is 0 Å². The highest BCUT2D eigenvalue weighted by Crippen LogP contribution is 2.47. The van der Waals surface area contributed by atoms with Crippen molar-refractivity contribution in [3.05, 3.63) is 17.0 Å². The molecule has 3 nitrogen and oxygen atoms in total. The molecule has 0 aromatic carbocycles. The van der Waals surface area contributed by atoms with Crippen LogP contribution in [0.1, 0.15) is 48.6 Å². The highest BCUT2D eigenvalue weighted by atomic mass is 15.3. The molecule has 3 heteroatoms. The van der Waals surface area contributed by atoms with Gasteiger partial charge in [0.25, 0.3) is 0 Å². The Morgan fingerprint density at radius 1 is 1.47 bits per heavy atom. The van der Waals surface area contributed by atoms with Crippen molar-refractivity contribution in [1.82, 2.24) is 9.78 Å². The van der Waals surface area contributed by atoms with Crippen LogP contribution in [0.25, 0.3) is 0 Å². The standard InChI is InChI=1S/C12H19N3/c1-7-5-10-11(9(7)6-13)12(8-3-4-8)14-15(10)2/h7-9H,3-6,13H2,1-2H3. The van der Waals surface area contributed by atoms with Gasteiger partial charge in [-0.2, -0.15) is 5.10 Å². The zero-order valence-electron chi connectivity index (χ0n) is 9.53. The maximum Gasteiger partial charge on any atom is 0.0693 e. The third-order valence-electron chi connectivity index (χ3n) is 4.03. The first-order chi connectivity index (χ1) is 7.22. The lowest BCUT2D eigenvalue weighted by Crippen LogP contribution is -2.16. The Hall–Kier alpha value is -0.830. The molecule has 2 aliphatic rings. The van der Waals surface area contributed by atoms with Crippen LogP contribution >= 0.6 is 0 Å². The van der Waals surface area contributed by atoms with Crippen LogP contribution in [0.15, 0.2) is 0 Å². The number of nitrogens with zero attached hydrogens (tertiary/aromatic N) is 2. The van der Waals surface area contributed by atoms with Crippen LogP contribution in [0.3, 0.4) is 0 Å². The van der Waals surface area contributed by atoms with E-state index >= 15 is 0 Å². The topological polar surface area (TPSA) is 43.8 Å². The highest BCUT2D eigenvalue weighted by molar-refractivity contribution is 5.39. The van der Waals surface area contributed by atoms with Gasteiger partial charge >= 0.3 is 0 Å². The first kappa shape index (κ1) is 9.40. The predicted octanol–water partition coefficient (Wildman–Crippen LogP) is 1.53. The molecule has 0 spiro atoms. The molecule has 0 saturated heterocycles. The van der Waals surface area contributed by atoms with Gasteiger partial charge in [0, 0.05) is 30.1 Å². The fraction of sp³-hybridized carbons (Fsp3) is 0.750. The molecule has 1 saturated carbocycles. The normalized spacial score (nSPS) is 29.5. The lowest BCUT2D eigenvalue weighted by molar-refractivity contribution is 0.490. The van der Waals surface area contributed by atoms with Gasteiger partial charge in [0.1, 0.15) is 0 Å². The zero-order valence-corrected chi connectivity index (χ0v) is 9.53. The van der Waals surface area contributed by atoms with Crippen LogP contribution in [0.4, 0.5) is 0 Å².